The van der Waals surface area contributed by atoms with Crippen LogP contribution < -0.4 is 0 Å². The molecule has 0 amide bonds. The highest BCUT2D eigenvalue weighted by atomic mass is 16.3. The Kier molecular flexibility index (Phi) is 9.17. The van der Waals surface area contributed by atoms with Crippen LogP contribution >= 0.6 is 0 Å². The lowest BCUT2D eigenvalue weighted by Crippen LogP contribution is -1.96. The molecule has 0 unspecified atom stereocenters. The molecule has 11 aromatic carbocycles. The van der Waals surface area contributed by atoms with Gasteiger partial charge >= 0.3 is 0 Å². The van der Waals surface area contributed by atoms with Gasteiger partial charge in [0.1, 0.15) is 11.2 Å². The predicted octanol–water partition coefficient (Wildman–Crippen LogP) is 17.5. The van der Waals surface area contributed by atoms with E-state index in [1.165, 1.54) is 54.6 Å². The Hall–Kier alpha value is -8.92. The summed E-state index contributed by atoms with van der Waals surface area (Å²) in [4.78, 5) is 10.3. The summed E-state index contributed by atoms with van der Waals surface area (Å²) in [6.07, 6.45) is 0. The predicted molar refractivity (Wildman–Crippen MR) is 280 cm³/mol. The Balaban J connectivity index is 0.857. The minimum atomic E-state index is 0.689. The van der Waals surface area contributed by atoms with Crippen LogP contribution in [-0.4, -0.2) is 9.97 Å². The third-order valence-electron chi connectivity index (χ3n) is 13.3. The minimum absolute atomic E-state index is 0.689. The van der Waals surface area contributed by atoms with Crippen molar-refractivity contribution < 1.29 is 4.42 Å². The Morgan fingerprint density at radius 1 is 0.284 bits per heavy atom. The maximum atomic E-state index is 6.38. The van der Waals surface area contributed by atoms with Gasteiger partial charge in [-0.15, -0.1) is 0 Å². The second-order valence-electron chi connectivity index (χ2n) is 17.2. The van der Waals surface area contributed by atoms with Crippen LogP contribution in [0.1, 0.15) is 0 Å². The molecule has 0 spiro atoms. The van der Waals surface area contributed by atoms with Crippen molar-refractivity contribution in [3.05, 3.63) is 243 Å². The third-order valence-corrected chi connectivity index (χ3v) is 13.3. The van der Waals surface area contributed by atoms with E-state index in [4.69, 9.17) is 14.4 Å². The second-order valence-corrected chi connectivity index (χ2v) is 17.2. The lowest BCUT2D eigenvalue weighted by Gasteiger charge is -2.19. The van der Waals surface area contributed by atoms with Gasteiger partial charge in [0.15, 0.2) is 5.82 Å². The fourth-order valence-corrected chi connectivity index (χ4v) is 10.1. The summed E-state index contributed by atoms with van der Waals surface area (Å²) in [5.41, 5.74) is 15.9. The van der Waals surface area contributed by atoms with Crippen molar-refractivity contribution in [3.8, 4) is 78.4 Å². The molecule has 67 heavy (non-hydrogen) atoms. The Bertz CT molecular complexity index is 3990. The number of aromatic nitrogens is 2. The maximum absolute atomic E-state index is 6.38. The first-order chi connectivity index (χ1) is 33.2. The first-order valence-electron chi connectivity index (χ1n) is 22.8. The van der Waals surface area contributed by atoms with Crippen LogP contribution in [-0.2, 0) is 0 Å². The van der Waals surface area contributed by atoms with Gasteiger partial charge in [0, 0.05) is 33.0 Å². The number of nitrogens with zero attached hydrogens (tertiary/aromatic N) is 2. The molecule has 0 bridgehead atoms. The molecule has 0 aliphatic rings. The van der Waals surface area contributed by atoms with Crippen LogP contribution in [0.3, 0.4) is 0 Å². The molecule has 13 aromatic rings. The van der Waals surface area contributed by atoms with E-state index < -0.39 is 0 Å². The molecule has 3 nitrogen and oxygen atoms in total. The third kappa shape index (κ3) is 6.67. The highest BCUT2D eigenvalue weighted by Crippen LogP contribution is 2.46. The van der Waals surface area contributed by atoms with Crippen molar-refractivity contribution in [2.24, 2.45) is 0 Å². The molecule has 0 radical (unpaired) electrons. The van der Waals surface area contributed by atoms with Crippen LogP contribution in [0, 0.1) is 0 Å². The molecule has 312 valence electrons. The van der Waals surface area contributed by atoms with Gasteiger partial charge in [-0.25, -0.2) is 9.97 Å². The average molecular weight is 853 g/mol. The molecule has 2 heterocycles. The van der Waals surface area contributed by atoms with Gasteiger partial charge in [-0.2, -0.15) is 0 Å². The first-order valence-corrected chi connectivity index (χ1v) is 22.8. The summed E-state index contributed by atoms with van der Waals surface area (Å²) in [6, 6.07) is 86.4. The van der Waals surface area contributed by atoms with Crippen molar-refractivity contribution in [1.82, 2.24) is 9.97 Å². The van der Waals surface area contributed by atoms with Crippen molar-refractivity contribution in [1.29, 1.82) is 0 Å². The zero-order valence-electron chi connectivity index (χ0n) is 36.4. The largest absolute Gasteiger partial charge is 0.455 e. The van der Waals surface area contributed by atoms with Crippen LogP contribution in [0.5, 0.6) is 0 Å². The highest BCUT2D eigenvalue weighted by molar-refractivity contribution is 6.28. The van der Waals surface area contributed by atoms with Crippen molar-refractivity contribution in [2.45, 2.75) is 0 Å². The molecule has 13 rings (SSSR count). The minimum Gasteiger partial charge on any atom is -0.455 e. The van der Waals surface area contributed by atoms with E-state index in [0.717, 1.165) is 72.3 Å². The summed E-state index contributed by atoms with van der Waals surface area (Å²) in [5.74, 6) is 0.689. The summed E-state index contributed by atoms with van der Waals surface area (Å²) in [6.45, 7) is 0. The summed E-state index contributed by atoms with van der Waals surface area (Å²) in [5, 5.41) is 9.79. The zero-order chi connectivity index (χ0) is 44.3. The van der Waals surface area contributed by atoms with Crippen LogP contribution in [0.25, 0.3) is 133 Å². The number of hydrogen-bond acceptors (Lipinski definition) is 3. The van der Waals surface area contributed by atoms with Crippen LogP contribution in [0.15, 0.2) is 247 Å². The monoisotopic (exact) mass is 852 g/mol. The SMILES string of the molecule is c1ccc(-c2nc(-c3ccc(-c4ccc(-c5c6ccccc6c(-c6ccccc6)c6c5ccc5ccccc56)cc4)cc3)cc(-c3ccc(-c4cccc5c4oc4ccccc45)cc3)n2)cc1. The lowest BCUT2D eigenvalue weighted by molar-refractivity contribution is 0.670. The molecule has 3 heteroatoms. The van der Waals surface area contributed by atoms with E-state index in [-0.39, 0.29) is 0 Å². The van der Waals surface area contributed by atoms with Gasteiger partial charge in [-0.3, -0.25) is 0 Å². The Labute approximate surface area is 387 Å². The van der Waals surface area contributed by atoms with Crippen LogP contribution in [0.4, 0.5) is 0 Å². The van der Waals surface area contributed by atoms with Crippen LogP contribution in [0.2, 0.25) is 0 Å². The van der Waals surface area contributed by atoms with Crippen molar-refractivity contribution >= 4 is 54.3 Å². The van der Waals surface area contributed by atoms with Gasteiger partial charge in [-0.1, -0.05) is 231 Å². The molecule has 0 aliphatic heterocycles. The Morgan fingerprint density at radius 3 is 1.45 bits per heavy atom. The number of furan rings is 1. The molecular weight excluding hydrogens is 813 g/mol. The summed E-state index contributed by atoms with van der Waals surface area (Å²) < 4.78 is 6.38. The van der Waals surface area contributed by atoms with Gasteiger partial charge in [-0.05, 0) is 83.4 Å². The zero-order valence-corrected chi connectivity index (χ0v) is 36.4. The van der Waals surface area contributed by atoms with Crippen molar-refractivity contribution in [3.63, 3.8) is 0 Å². The Morgan fingerprint density at radius 2 is 0.776 bits per heavy atom. The molecule has 0 saturated heterocycles. The lowest BCUT2D eigenvalue weighted by atomic mass is 9.84. The van der Waals surface area contributed by atoms with Gasteiger partial charge < -0.3 is 4.42 Å². The van der Waals surface area contributed by atoms with E-state index in [2.05, 4.69) is 212 Å². The summed E-state index contributed by atoms with van der Waals surface area (Å²) >= 11 is 0. The average Bonchev–Trinajstić information content (AvgIpc) is 3.80. The van der Waals surface area contributed by atoms with E-state index in [9.17, 15) is 0 Å². The highest BCUT2D eigenvalue weighted by Gasteiger charge is 2.19. The number of para-hydroxylation sites is 2. The fraction of sp³-hybridized carbons (Fsp3) is 0. The number of rotatable bonds is 7. The smallest absolute Gasteiger partial charge is 0.160 e. The molecule has 0 saturated carbocycles. The molecule has 0 atom stereocenters. The second kappa shape index (κ2) is 16.0. The van der Waals surface area contributed by atoms with E-state index >= 15 is 0 Å². The van der Waals surface area contributed by atoms with Gasteiger partial charge in [0.2, 0.25) is 0 Å². The normalized spacial score (nSPS) is 11.6. The quantitative estimate of drug-likeness (QED) is 0.118. The van der Waals surface area contributed by atoms with E-state index in [1.54, 1.807) is 0 Å². The molecule has 0 N–H and O–H groups in total. The number of benzene rings is 11. The molecule has 0 fully saturated rings. The standard InChI is InChI=1S/C64H40N2O/c1-3-15-47(16-4-1)61-54-22-10-9-21-53(54)60(56-39-38-43-14-7-8-19-50(43)62(56)61)48-36-28-42(29-37-48)41-26-32-45(33-27-41)57-40-58(66-64(65-57)49-17-5-2-6-18-49)46-34-30-44(31-35-46)51-23-13-24-55-52-20-11-12-25-59(52)67-63(51)55/h1-40H. The summed E-state index contributed by atoms with van der Waals surface area (Å²) in [7, 11) is 0. The van der Waals surface area contributed by atoms with E-state index in [0.29, 0.717) is 5.82 Å². The van der Waals surface area contributed by atoms with Crippen molar-refractivity contribution in [2.75, 3.05) is 0 Å². The van der Waals surface area contributed by atoms with E-state index in [1.807, 2.05) is 30.3 Å². The first kappa shape index (κ1) is 38.5. The molecule has 2 aromatic heterocycles. The molecular formula is C64H40N2O. The van der Waals surface area contributed by atoms with Gasteiger partial charge in [0.25, 0.3) is 0 Å². The number of fused-ring (bicyclic) bond motifs is 7. The molecule has 0 aliphatic carbocycles. The maximum Gasteiger partial charge on any atom is 0.160 e. The fourth-order valence-electron chi connectivity index (χ4n) is 10.1. The topological polar surface area (TPSA) is 38.9 Å². The van der Waals surface area contributed by atoms with Gasteiger partial charge in [0.05, 0.1) is 11.4 Å². The number of hydrogen-bond donors (Lipinski definition) is 0.